The largest absolute Gasteiger partial charge is 0.508 e. The maximum atomic E-state index is 9.58. The van der Waals surface area contributed by atoms with Crippen molar-refractivity contribution in [3.8, 4) is 11.5 Å². The minimum Gasteiger partial charge on any atom is -0.508 e. The molecule has 1 aromatic carbocycles. The normalized spacial score (nSPS) is 10.6. The molecule has 0 aliphatic heterocycles. The Morgan fingerprint density at radius 1 is 1.29 bits per heavy atom. The minimum atomic E-state index is 0.0711. The molecule has 90 valence electrons. The van der Waals surface area contributed by atoms with Crippen LogP contribution in [0.3, 0.4) is 0 Å². The lowest BCUT2D eigenvalue weighted by Crippen LogP contribution is -2.12. The van der Waals surface area contributed by atoms with Crippen LogP contribution in [-0.4, -0.2) is 15.2 Å². The molecule has 0 saturated carbocycles. The number of aryl methyl sites for hydroxylation is 1. The van der Waals surface area contributed by atoms with Gasteiger partial charge in [-0.05, 0) is 13.0 Å². The second-order valence-electron chi connectivity index (χ2n) is 3.78. The number of hydrogen-bond donors (Lipinski definition) is 3. The van der Waals surface area contributed by atoms with E-state index < -0.39 is 0 Å². The molecule has 0 radical (unpaired) electrons. The van der Waals surface area contributed by atoms with Gasteiger partial charge in [-0.15, -0.1) is 11.3 Å². The van der Waals surface area contributed by atoms with E-state index in [0.29, 0.717) is 13.1 Å². The van der Waals surface area contributed by atoms with Crippen LogP contribution in [0.15, 0.2) is 24.4 Å². The Morgan fingerprint density at radius 3 is 2.76 bits per heavy atom. The number of phenolic OH excluding ortho intramolecular Hbond substituents is 2. The van der Waals surface area contributed by atoms with Gasteiger partial charge in [0.05, 0.1) is 0 Å². The SMILES string of the molecule is Cc1cnc(CNCc2ccc(O)cc2O)s1. The highest BCUT2D eigenvalue weighted by atomic mass is 32.1. The predicted octanol–water partition coefficient (Wildman–Crippen LogP) is 2.15. The first-order valence-electron chi connectivity index (χ1n) is 5.28. The van der Waals surface area contributed by atoms with Crippen LogP contribution in [-0.2, 0) is 13.1 Å². The third kappa shape index (κ3) is 3.18. The number of nitrogens with one attached hydrogen (secondary N) is 1. The molecule has 0 fully saturated rings. The van der Waals surface area contributed by atoms with Gasteiger partial charge in [0.15, 0.2) is 0 Å². The zero-order chi connectivity index (χ0) is 12.3. The molecule has 0 aliphatic carbocycles. The highest BCUT2D eigenvalue weighted by Crippen LogP contribution is 2.22. The van der Waals surface area contributed by atoms with E-state index >= 15 is 0 Å². The summed E-state index contributed by atoms with van der Waals surface area (Å²) >= 11 is 1.65. The number of aromatic nitrogens is 1. The molecule has 3 N–H and O–H groups in total. The number of aromatic hydroxyl groups is 2. The van der Waals surface area contributed by atoms with Crippen LogP contribution in [0.1, 0.15) is 15.4 Å². The lowest BCUT2D eigenvalue weighted by Gasteiger charge is -2.05. The summed E-state index contributed by atoms with van der Waals surface area (Å²) in [5.41, 5.74) is 0.760. The average Bonchev–Trinajstić information content (AvgIpc) is 2.68. The molecule has 0 amide bonds. The molecule has 5 heteroatoms. The van der Waals surface area contributed by atoms with E-state index in [2.05, 4.69) is 10.3 Å². The molecule has 17 heavy (non-hydrogen) atoms. The van der Waals surface area contributed by atoms with Crippen molar-refractivity contribution >= 4 is 11.3 Å². The summed E-state index contributed by atoms with van der Waals surface area (Å²) in [6.07, 6.45) is 1.85. The quantitative estimate of drug-likeness (QED) is 0.778. The Labute approximate surface area is 104 Å². The smallest absolute Gasteiger partial charge is 0.123 e. The topological polar surface area (TPSA) is 65.4 Å². The summed E-state index contributed by atoms with van der Waals surface area (Å²) in [4.78, 5) is 5.43. The number of rotatable bonds is 4. The van der Waals surface area contributed by atoms with Gasteiger partial charge in [-0.2, -0.15) is 0 Å². The second-order valence-corrected chi connectivity index (χ2v) is 5.10. The fraction of sp³-hybridized carbons (Fsp3) is 0.250. The summed E-state index contributed by atoms with van der Waals surface area (Å²) in [7, 11) is 0. The van der Waals surface area contributed by atoms with Gasteiger partial charge < -0.3 is 15.5 Å². The predicted molar refractivity (Wildman–Crippen MR) is 67.2 cm³/mol. The Kier molecular flexibility index (Phi) is 3.61. The van der Waals surface area contributed by atoms with Gasteiger partial charge in [0.25, 0.3) is 0 Å². The summed E-state index contributed by atoms with van der Waals surface area (Å²) in [6.45, 7) is 3.25. The standard InChI is InChI=1S/C12H14N2O2S/c1-8-5-14-12(17-8)7-13-6-9-2-3-10(15)4-11(9)16/h2-5,13,15-16H,6-7H2,1H3. The van der Waals surface area contributed by atoms with Crippen LogP contribution in [0, 0.1) is 6.92 Å². The molecule has 0 aliphatic rings. The van der Waals surface area contributed by atoms with Gasteiger partial charge in [-0.25, -0.2) is 4.98 Å². The van der Waals surface area contributed by atoms with E-state index in [-0.39, 0.29) is 11.5 Å². The minimum absolute atomic E-state index is 0.0711. The van der Waals surface area contributed by atoms with E-state index in [9.17, 15) is 5.11 Å². The van der Waals surface area contributed by atoms with Crippen LogP contribution >= 0.6 is 11.3 Å². The monoisotopic (exact) mass is 250 g/mol. The van der Waals surface area contributed by atoms with Crippen molar-refractivity contribution in [1.29, 1.82) is 0 Å². The first kappa shape index (κ1) is 11.9. The van der Waals surface area contributed by atoms with Crippen LogP contribution in [0.25, 0.3) is 0 Å². The zero-order valence-electron chi connectivity index (χ0n) is 9.47. The number of benzene rings is 1. The first-order chi connectivity index (χ1) is 8.15. The molecule has 0 unspecified atom stereocenters. The molecule has 1 heterocycles. The summed E-state index contributed by atoms with van der Waals surface area (Å²) in [5, 5.41) is 23.0. The summed E-state index contributed by atoms with van der Waals surface area (Å²) in [5.74, 6) is 0.176. The van der Waals surface area contributed by atoms with E-state index in [1.165, 1.54) is 10.9 Å². The van der Waals surface area contributed by atoms with Gasteiger partial charge in [-0.3, -0.25) is 0 Å². The van der Waals surface area contributed by atoms with Crippen molar-refractivity contribution in [2.75, 3.05) is 0 Å². The van der Waals surface area contributed by atoms with E-state index in [1.807, 2.05) is 13.1 Å². The van der Waals surface area contributed by atoms with E-state index in [1.54, 1.807) is 23.5 Å². The number of phenols is 2. The van der Waals surface area contributed by atoms with Gasteiger partial charge in [0.1, 0.15) is 16.5 Å². The molecule has 0 atom stereocenters. The van der Waals surface area contributed by atoms with Crippen LogP contribution < -0.4 is 5.32 Å². The molecule has 4 nitrogen and oxygen atoms in total. The van der Waals surface area contributed by atoms with E-state index in [4.69, 9.17) is 5.11 Å². The van der Waals surface area contributed by atoms with Gasteiger partial charge >= 0.3 is 0 Å². The molecule has 0 saturated heterocycles. The molecular weight excluding hydrogens is 236 g/mol. The maximum Gasteiger partial charge on any atom is 0.123 e. The lowest BCUT2D eigenvalue weighted by atomic mass is 10.2. The molecule has 2 aromatic rings. The van der Waals surface area contributed by atoms with Crippen LogP contribution in [0.4, 0.5) is 0 Å². The number of thiazole rings is 1. The Morgan fingerprint density at radius 2 is 2.12 bits per heavy atom. The van der Waals surface area contributed by atoms with Crippen molar-refractivity contribution < 1.29 is 10.2 Å². The number of nitrogens with zero attached hydrogens (tertiary/aromatic N) is 1. The third-order valence-corrected chi connectivity index (χ3v) is 3.24. The highest BCUT2D eigenvalue weighted by Gasteiger charge is 2.03. The molecule has 1 aromatic heterocycles. The fourth-order valence-corrected chi connectivity index (χ4v) is 2.25. The average molecular weight is 250 g/mol. The lowest BCUT2D eigenvalue weighted by molar-refractivity contribution is 0.443. The maximum absolute atomic E-state index is 9.58. The molecular formula is C12H14N2O2S. The fourth-order valence-electron chi connectivity index (χ4n) is 1.49. The van der Waals surface area contributed by atoms with Crippen molar-refractivity contribution in [2.24, 2.45) is 0 Å². The van der Waals surface area contributed by atoms with Gasteiger partial charge in [0.2, 0.25) is 0 Å². The van der Waals surface area contributed by atoms with Crippen molar-refractivity contribution in [2.45, 2.75) is 20.0 Å². The zero-order valence-corrected chi connectivity index (χ0v) is 10.3. The van der Waals surface area contributed by atoms with Gasteiger partial charge in [0, 0.05) is 35.8 Å². The molecule has 2 rings (SSSR count). The van der Waals surface area contributed by atoms with Crippen LogP contribution in [0.5, 0.6) is 11.5 Å². The molecule has 0 spiro atoms. The summed E-state index contributed by atoms with van der Waals surface area (Å²) < 4.78 is 0. The number of hydrogen-bond acceptors (Lipinski definition) is 5. The Balaban J connectivity index is 1.90. The second kappa shape index (κ2) is 5.16. The first-order valence-corrected chi connectivity index (χ1v) is 6.09. The Hall–Kier alpha value is -1.59. The molecule has 0 bridgehead atoms. The third-order valence-electron chi connectivity index (χ3n) is 2.33. The van der Waals surface area contributed by atoms with Crippen molar-refractivity contribution in [1.82, 2.24) is 10.3 Å². The Bertz CT molecular complexity index is 511. The van der Waals surface area contributed by atoms with E-state index in [0.717, 1.165) is 10.6 Å². The van der Waals surface area contributed by atoms with Crippen LogP contribution in [0.2, 0.25) is 0 Å². The summed E-state index contributed by atoms with van der Waals surface area (Å²) in [6, 6.07) is 4.60. The van der Waals surface area contributed by atoms with Crippen molar-refractivity contribution in [3.63, 3.8) is 0 Å². The highest BCUT2D eigenvalue weighted by molar-refractivity contribution is 7.11. The van der Waals surface area contributed by atoms with Crippen molar-refractivity contribution in [3.05, 3.63) is 39.8 Å². The van der Waals surface area contributed by atoms with Gasteiger partial charge in [-0.1, -0.05) is 6.07 Å².